The van der Waals surface area contributed by atoms with Crippen LogP contribution < -0.4 is 0 Å². The lowest BCUT2D eigenvalue weighted by Crippen LogP contribution is -2.32. The first-order valence-corrected chi connectivity index (χ1v) is 7.72. The van der Waals surface area contributed by atoms with Gasteiger partial charge in [-0.15, -0.1) is 0 Å². The third-order valence-electron chi connectivity index (χ3n) is 3.10. The van der Waals surface area contributed by atoms with E-state index in [1.807, 2.05) is 6.92 Å². The van der Waals surface area contributed by atoms with Crippen LogP contribution in [0.15, 0.2) is 34.3 Å². The fourth-order valence-electron chi connectivity index (χ4n) is 2.10. The van der Waals surface area contributed by atoms with Crippen molar-refractivity contribution in [3.8, 4) is 0 Å². The fraction of sp³-hybridized carbons (Fsp3) is 0.417. The van der Waals surface area contributed by atoms with E-state index >= 15 is 0 Å². The Morgan fingerprint density at radius 2 is 2.05 bits per heavy atom. The zero-order valence-corrected chi connectivity index (χ0v) is 11.8. The lowest BCUT2D eigenvalue weighted by atomic mass is 10.1. The van der Waals surface area contributed by atoms with Crippen molar-refractivity contribution in [3.63, 3.8) is 0 Å². The lowest BCUT2D eigenvalue weighted by Gasteiger charge is -2.22. The van der Waals surface area contributed by atoms with Crippen molar-refractivity contribution in [2.75, 3.05) is 0 Å². The van der Waals surface area contributed by atoms with Gasteiger partial charge in [0.05, 0.1) is 15.9 Å². The molecule has 1 aliphatic rings. The van der Waals surface area contributed by atoms with Gasteiger partial charge in [0, 0.05) is 24.8 Å². The second-order valence-corrected chi connectivity index (χ2v) is 6.30. The van der Waals surface area contributed by atoms with Crippen LogP contribution in [0.3, 0.4) is 0 Å². The van der Waals surface area contributed by atoms with E-state index in [9.17, 15) is 18.5 Å². The summed E-state index contributed by atoms with van der Waals surface area (Å²) in [5, 5.41) is 14.5. The quantitative estimate of drug-likeness (QED) is 0.614. The molecule has 1 aromatic rings. The molecule has 0 saturated carbocycles. The predicted octanol–water partition coefficient (Wildman–Crippen LogP) is 2.14. The Kier molecular flexibility index (Phi) is 4.03. The molecule has 0 bridgehead atoms. The highest BCUT2D eigenvalue weighted by Gasteiger charge is 2.32. The molecular formula is C12H15N3O4S. The minimum atomic E-state index is -3.74. The van der Waals surface area contributed by atoms with E-state index in [0.717, 1.165) is 17.3 Å². The Bertz CT molecular complexity index is 625. The maximum Gasteiger partial charge on any atom is 0.279 e. The van der Waals surface area contributed by atoms with Crippen LogP contribution in [0.4, 0.5) is 5.69 Å². The Hall–Kier alpha value is -1.96. The van der Waals surface area contributed by atoms with Gasteiger partial charge in [0.1, 0.15) is 0 Å². The number of hydrazone groups is 1. The van der Waals surface area contributed by atoms with Crippen molar-refractivity contribution in [1.82, 2.24) is 4.41 Å². The van der Waals surface area contributed by atoms with Crippen molar-refractivity contribution < 1.29 is 13.3 Å². The number of hydrogen-bond acceptors (Lipinski definition) is 5. The number of sulfonamides is 1. The minimum Gasteiger partial charge on any atom is -0.258 e. The van der Waals surface area contributed by atoms with Crippen molar-refractivity contribution >= 4 is 21.9 Å². The van der Waals surface area contributed by atoms with Gasteiger partial charge >= 0.3 is 0 Å². The Labute approximate surface area is 117 Å². The number of nitrogens with zero attached hydrogens (tertiary/aromatic N) is 3. The van der Waals surface area contributed by atoms with Crippen LogP contribution in [0.2, 0.25) is 0 Å². The number of nitro groups is 1. The molecule has 108 valence electrons. The molecule has 0 radical (unpaired) electrons. The molecule has 1 heterocycles. The van der Waals surface area contributed by atoms with Crippen LogP contribution in [-0.2, 0) is 10.0 Å². The number of rotatable bonds is 5. The highest BCUT2D eigenvalue weighted by molar-refractivity contribution is 7.89. The monoisotopic (exact) mass is 297 g/mol. The van der Waals surface area contributed by atoms with Gasteiger partial charge in [-0.1, -0.05) is 13.3 Å². The summed E-state index contributed by atoms with van der Waals surface area (Å²) in [6, 6.07) is 4.68. The summed E-state index contributed by atoms with van der Waals surface area (Å²) in [5.74, 6) is 0. The SMILES string of the molecule is CCC[C@@H]1CC=NN1S(=O)(=O)c1ccc([N+](=O)[O-])cc1. The van der Waals surface area contributed by atoms with Gasteiger partial charge in [-0.05, 0) is 18.6 Å². The molecule has 2 rings (SSSR count). The van der Waals surface area contributed by atoms with Crippen LogP contribution in [0.1, 0.15) is 26.2 Å². The number of benzene rings is 1. The second kappa shape index (κ2) is 5.58. The van der Waals surface area contributed by atoms with E-state index in [0.29, 0.717) is 6.42 Å². The largest absolute Gasteiger partial charge is 0.279 e. The van der Waals surface area contributed by atoms with Gasteiger partial charge in [0.15, 0.2) is 0 Å². The van der Waals surface area contributed by atoms with Gasteiger partial charge in [-0.3, -0.25) is 10.1 Å². The third-order valence-corrected chi connectivity index (χ3v) is 4.85. The van der Waals surface area contributed by atoms with Gasteiger partial charge < -0.3 is 0 Å². The van der Waals surface area contributed by atoms with E-state index in [4.69, 9.17) is 0 Å². The first-order chi connectivity index (χ1) is 9.46. The van der Waals surface area contributed by atoms with E-state index < -0.39 is 14.9 Å². The Morgan fingerprint density at radius 3 is 2.60 bits per heavy atom. The molecule has 0 unspecified atom stereocenters. The summed E-state index contributed by atoms with van der Waals surface area (Å²) in [7, 11) is -3.74. The molecule has 0 N–H and O–H groups in total. The smallest absolute Gasteiger partial charge is 0.258 e. The predicted molar refractivity (Wildman–Crippen MR) is 73.9 cm³/mol. The lowest BCUT2D eigenvalue weighted by molar-refractivity contribution is -0.384. The highest BCUT2D eigenvalue weighted by Crippen LogP contribution is 2.26. The molecular weight excluding hydrogens is 282 g/mol. The Morgan fingerprint density at radius 1 is 1.40 bits per heavy atom. The Balaban J connectivity index is 2.30. The zero-order valence-electron chi connectivity index (χ0n) is 11.0. The topological polar surface area (TPSA) is 92.9 Å². The van der Waals surface area contributed by atoms with E-state index in [1.54, 1.807) is 6.21 Å². The molecule has 0 amide bonds. The average Bonchev–Trinajstić information content (AvgIpc) is 2.88. The molecule has 20 heavy (non-hydrogen) atoms. The first kappa shape index (κ1) is 14.4. The summed E-state index contributed by atoms with van der Waals surface area (Å²) >= 11 is 0. The summed E-state index contributed by atoms with van der Waals surface area (Å²) in [4.78, 5) is 10.0. The van der Waals surface area contributed by atoms with Gasteiger partial charge in [-0.25, -0.2) is 0 Å². The minimum absolute atomic E-state index is 0.0169. The third kappa shape index (κ3) is 2.64. The molecule has 0 aliphatic carbocycles. The molecule has 7 nitrogen and oxygen atoms in total. The van der Waals surface area contributed by atoms with Crippen molar-refractivity contribution in [1.29, 1.82) is 0 Å². The van der Waals surface area contributed by atoms with Crippen LogP contribution in [0.25, 0.3) is 0 Å². The van der Waals surface area contributed by atoms with Crippen LogP contribution >= 0.6 is 0 Å². The number of non-ortho nitro benzene ring substituents is 1. The summed E-state index contributed by atoms with van der Waals surface area (Å²) < 4.78 is 26.0. The summed E-state index contributed by atoms with van der Waals surface area (Å²) in [6.07, 6.45) is 3.77. The molecule has 0 spiro atoms. The molecule has 8 heteroatoms. The molecule has 0 fully saturated rings. The van der Waals surface area contributed by atoms with E-state index in [1.165, 1.54) is 24.3 Å². The molecule has 0 saturated heterocycles. The molecule has 0 aromatic heterocycles. The molecule has 1 aromatic carbocycles. The van der Waals surface area contributed by atoms with Crippen molar-refractivity contribution in [3.05, 3.63) is 34.4 Å². The average molecular weight is 297 g/mol. The van der Waals surface area contributed by atoms with Gasteiger partial charge in [0.25, 0.3) is 15.7 Å². The van der Waals surface area contributed by atoms with Gasteiger partial charge in [0.2, 0.25) is 0 Å². The highest BCUT2D eigenvalue weighted by atomic mass is 32.2. The number of hydrogen-bond donors (Lipinski definition) is 0. The normalized spacial score (nSPS) is 18.4. The summed E-state index contributed by atoms with van der Waals surface area (Å²) in [6.45, 7) is 1.98. The van der Waals surface area contributed by atoms with Gasteiger partial charge in [-0.2, -0.15) is 17.9 Å². The van der Waals surface area contributed by atoms with Crippen molar-refractivity contribution in [2.45, 2.75) is 37.1 Å². The van der Waals surface area contributed by atoms with Crippen LogP contribution in [0.5, 0.6) is 0 Å². The van der Waals surface area contributed by atoms with E-state index in [2.05, 4.69) is 5.10 Å². The summed E-state index contributed by atoms with van der Waals surface area (Å²) in [5.41, 5.74) is -0.140. The maximum atomic E-state index is 12.4. The first-order valence-electron chi connectivity index (χ1n) is 6.28. The fourth-order valence-corrected chi connectivity index (χ4v) is 3.57. The second-order valence-electron chi connectivity index (χ2n) is 4.50. The van der Waals surface area contributed by atoms with Crippen LogP contribution in [-0.4, -0.2) is 30.0 Å². The maximum absolute atomic E-state index is 12.4. The zero-order chi connectivity index (χ0) is 14.8. The van der Waals surface area contributed by atoms with E-state index in [-0.39, 0.29) is 16.6 Å². The molecule has 1 atom stereocenters. The molecule has 1 aliphatic heterocycles. The number of nitro benzene ring substituents is 1. The standard InChI is InChI=1S/C12H15N3O4S/c1-2-3-10-8-9-13-14(10)20(18,19)12-6-4-11(5-7-12)15(16)17/h4-7,9-10H,2-3,8H2,1H3/t10-/m1/s1. The van der Waals surface area contributed by atoms with Crippen LogP contribution in [0, 0.1) is 10.1 Å². The van der Waals surface area contributed by atoms with Crippen molar-refractivity contribution in [2.24, 2.45) is 5.10 Å².